The van der Waals surface area contributed by atoms with Crippen LogP contribution in [-0.4, -0.2) is 48.0 Å². The molecule has 0 aromatic rings. The molecule has 7 heteroatoms. The Labute approximate surface area is 101 Å². The highest BCUT2D eigenvalue weighted by molar-refractivity contribution is 7.21. The van der Waals surface area contributed by atoms with Gasteiger partial charge in [-0.2, -0.15) is 0 Å². The van der Waals surface area contributed by atoms with E-state index in [0.29, 0.717) is 32.4 Å². The molecule has 0 rings (SSSR count). The van der Waals surface area contributed by atoms with Crippen LogP contribution in [0.3, 0.4) is 0 Å². The highest BCUT2D eigenvalue weighted by Crippen LogP contribution is 2.16. The van der Waals surface area contributed by atoms with E-state index in [4.69, 9.17) is 19.0 Å². The Morgan fingerprint density at radius 2 is 1.50 bits per heavy atom. The van der Waals surface area contributed by atoms with Crippen LogP contribution in [0.4, 0.5) is 0 Å². The third-order valence-electron chi connectivity index (χ3n) is 2.13. The first-order chi connectivity index (χ1) is 7.66. The molecule has 0 aromatic carbocycles. The summed E-state index contributed by atoms with van der Waals surface area (Å²) in [5.74, 6) is 0. The molecule has 0 saturated heterocycles. The standard InChI is InChI=1S/C9H25NO4Si2/c1-4-12-16(13-5-2,14-6-3)15(11)9-7-8-10/h11,15H,4-10H2,1-3H3. The minimum absolute atomic E-state index is 0.513. The predicted molar refractivity (Wildman–Crippen MR) is 68.5 cm³/mol. The van der Waals surface area contributed by atoms with E-state index in [-0.39, 0.29) is 0 Å². The van der Waals surface area contributed by atoms with Crippen molar-refractivity contribution in [2.45, 2.75) is 33.2 Å². The van der Waals surface area contributed by atoms with Gasteiger partial charge in [0.15, 0.2) is 0 Å². The van der Waals surface area contributed by atoms with Gasteiger partial charge in [-0.15, -0.1) is 0 Å². The minimum atomic E-state index is -2.80. The zero-order valence-electron chi connectivity index (χ0n) is 10.6. The van der Waals surface area contributed by atoms with Crippen molar-refractivity contribution in [3.63, 3.8) is 0 Å². The van der Waals surface area contributed by atoms with Gasteiger partial charge in [0, 0.05) is 19.8 Å². The number of hydrogen-bond acceptors (Lipinski definition) is 5. The molecule has 5 nitrogen and oxygen atoms in total. The van der Waals surface area contributed by atoms with Crippen LogP contribution in [0.1, 0.15) is 27.2 Å². The van der Waals surface area contributed by atoms with Crippen molar-refractivity contribution in [1.29, 1.82) is 0 Å². The molecule has 3 N–H and O–H groups in total. The summed E-state index contributed by atoms with van der Waals surface area (Å²) < 4.78 is 16.9. The Hall–Kier alpha value is 0.234. The van der Waals surface area contributed by atoms with E-state index in [1.54, 1.807) is 0 Å². The van der Waals surface area contributed by atoms with Crippen LogP contribution in [0, 0.1) is 0 Å². The Kier molecular flexibility index (Phi) is 9.42. The lowest BCUT2D eigenvalue weighted by atomic mass is 10.5. The summed E-state index contributed by atoms with van der Waals surface area (Å²) in [6, 6.07) is 0.697. The quantitative estimate of drug-likeness (QED) is 0.552. The second-order valence-electron chi connectivity index (χ2n) is 3.35. The van der Waals surface area contributed by atoms with E-state index < -0.39 is 16.9 Å². The second kappa shape index (κ2) is 9.28. The molecule has 0 bridgehead atoms. The average Bonchev–Trinajstić information content (AvgIpc) is 2.26. The van der Waals surface area contributed by atoms with Crippen molar-refractivity contribution in [2.75, 3.05) is 26.4 Å². The van der Waals surface area contributed by atoms with Gasteiger partial charge in [0.2, 0.25) is 0 Å². The summed E-state index contributed by atoms with van der Waals surface area (Å²) >= 11 is 0. The van der Waals surface area contributed by atoms with E-state index in [1.807, 2.05) is 20.8 Å². The summed E-state index contributed by atoms with van der Waals surface area (Å²) in [4.78, 5) is 10.3. The van der Waals surface area contributed by atoms with Crippen LogP contribution in [0.25, 0.3) is 0 Å². The molecule has 1 atom stereocenters. The lowest BCUT2D eigenvalue weighted by Crippen LogP contribution is -2.59. The van der Waals surface area contributed by atoms with Gasteiger partial charge in [0.25, 0.3) is 8.56 Å². The van der Waals surface area contributed by atoms with Crippen molar-refractivity contribution in [3.05, 3.63) is 0 Å². The molecule has 0 aromatic heterocycles. The van der Waals surface area contributed by atoms with Gasteiger partial charge in [-0.3, -0.25) is 0 Å². The summed E-state index contributed by atoms with van der Waals surface area (Å²) in [6.45, 7) is 7.80. The molecule has 98 valence electrons. The molecule has 0 heterocycles. The highest BCUT2D eigenvalue weighted by atomic mass is 29.3. The van der Waals surface area contributed by atoms with Crippen molar-refractivity contribution >= 4 is 16.9 Å². The summed E-state index contributed by atoms with van der Waals surface area (Å²) in [5.41, 5.74) is 5.45. The average molecular weight is 267 g/mol. The SMILES string of the molecule is CCO[Si](OCC)(OCC)[SiH](O)CCCN. The van der Waals surface area contributed by atoms with Gasteiger partial charge in [-0.05, 0) is 39.8 Å². The molecule has 0 aliphatic rings. The Morgan fingerprint density at radius 3 is 1.81 bits per heavy atom. The van der Waals surface area contributed by atoms with Gasteiger partial charge in [-0.1, -0.05) is 0 Å². The monoisotopic (exact) mass is 267 g/mol. The van der Waals surface area contributed by atoms with E-state index in [9.17, 15) is 4.80 Å². The first kappa shape index (κ1) is 16.2. The molecule has 1 unspecified atom stereocenters. The van der Waals surface area contributed by atoms with Gasteiger partial charge in [0.1, 0.15) is 0 Å². The number of nitrogens with two attached hydrogens (primary N) is 1. The van der Waals surface area contributed by atoms with Crippen LogP contribution < -0.4 is 5.73 Å². The van der Waals surface area contributed by atoms with E-state index in [1.165, 1.54) is 0 Å². The third kappa shape index (κ3) is 5.04. The Balaban J connectivity index is 4.54. The molecule has 0 fully saturated rings. The first-order valence-corrected chi connectivity index (χ1v) is 10.8. The van der Waals surface area contributed by atoms with Crippen LogP contribution >= 0.6 is 0 Å². The van der Waals surface area contributed by atoms with Crippen molar-refractivity contribution in [3.8, 4) is 0 Å². The van der Waals surface area contributed by atoms with Crippen molar-refractivity contribution in [2.24, 2.45) is 5.73 Å². The van der Waals surface area contributed by atoms with Crippen LogP contribution in [-0.2, 0) is 13.3 Å². The molecular weight excluding hydrogens is 242 g/mol. The van der Waals surface area contributed by atoms with E-state index >= 15 is 0 Å². The van der Waals surface area contributed by atoms with Gasteiger partial charge in [-0.25, -0.2) is 0 Å². The smallest absolute Gasteiger partial charge is 0.430 e. The van der Waals surface area contributed by atoms with Crippen molar-refractivity contribution in [1.82, 2.24) is 0 Å². The molecule has 0 aliphatic heterocycles. The lowest BCUT2D eigenvalue weighted by molar-refractivity contribution is 0.0875. The summed E-state index contributed by atoms with van der Waals surface area (Å²) in [6.07, 6.45) is 0.801. The normalized spacial score (nSPS) is 14.1. The number of rotatable bonds is 10. The predicted octanol–water partition coefficient (Wildman–Crippen LogP) is 0.178. The first-order valence-electron chi connectivity index (χ1n) is 5.96. The molecule has 0 saturated carbocycles. The third-order valence-corrected chi connectivity index (χ3v) is 10.8. The van der Waals surface area contributed by atoms with Gasteiger partial charge >= 0.3 is 8.32 Å². The van der Waals surface area contributed by atoms with Crippen LogP contribution in [0.5, 0.6) is 0 Å². The zero-order valence-corrected chi connectivity index (χ0v) is 12.7. The molecular formula is C9H25NO4Si2. The fraction of sp³-hybridized carbons (Fsp3) is 1.00. The topological polar surface area (TPSA) is 73.9 Å². The summed E-state index contributed by atoms with van der Waals surface area (Å²) in [5, 5.41) is 0. The fourth-order valence-electron chi connectivity index (χ4n) is 1.51. The second-order valence-corrected chi connectivity index (χ2v) is 11.2. The Bertz CT molecular complexity index is 157. The largest absolute Gasteiger partial charge is 0.499 e. The molecule has 0 radical (unpaired) electrons. The van der Waals surface area contributed by atoms with Gasteiger partial charge in [0.05, 0.1) is 0 Å². The van der Waals surface area contributed by atoms with E-state index in [0.717, 1.165) is 6.42 Å². The Morgan fingerprint density at radius 1 is 1.06 bits per heavy atom. The maximum Gasteiger partial charge on any atom is 0.499 e. The zero-order chi connectivity index (χ0) is 12.4. The summed E-state index contributed by atoms with van der Waals surface area (Å²) in [7, 11) is -4.93. The molecule has 16 heavy (non-hydrogen) atoms. The molecule has 0 spiro atoms. The van der Waals surface area contributed by atoms with Crippen molar-refractivity contribution < 1.29 is 18.1 Å². The lowest BCUT2D eigenvalue weighted by Gasteiger charge is -2.31. The highest BCUT2D eigenvalue weighted by Gasteiger charge is 2.49. The maximum atomic E-state index is 10.3. The maximum absolute atomic E-state index is 10.3. The minimum Gasteiger partial charge on any atom is -0.430 e. The van der Waals surface area contributed by atoms with Crippen LogP contribution in [0.2, 0.25) is 6.04 Å². The fourth-order valence-corrected chi connectivity index (χ4v) is 9.42. The number of hydrogen-bond donors (Lipinski definition) is 2. The molecule has 0 aliphatic carbocycles. The van der Waals surface area contributed by atoms with Gasteiger partial charge < -0.3 is 23.8 Å². The van der Waals surface area contributed by atoms with E-state index in [2.05, 4.69) is 0 Å². The van der Waals surface area contributed by atoms with Crippen LogP contribution in [0.15, 0.2) is 0 Å². The molecule has 0 amide bonds.